The van der Waals surface area contributed by atoms with Gasteiger partial charge in [-0.3, -0.25) is 4.90 Å². The number of fused-ring (bicyclic) bond motifs is 2. The van der Waals surface area contributed by atoms with Gasteiger partial charge in [-0.05, 0) is 61.1 Å². The number of piperidine rings is 1. The molecule has 4 aliphatic rings. The molecule has 0 radical (unpaired) electrons. The van der Waals surface area contributed by atoms with Gasteiger partial charge in [0, 0.05) is 38.8 Å². The zero-order valence-electron chi connectivity index (χ0n) is 17.8. The Balaban J connectivity index is 1.15. The Labute approximate surface area is 175 Å². The molecule has 2 heterocycles. The lowest BCUT2D eigenvalue weighted by atomic mass is 9.87. The Kier molecular flexibility index (Phi) is 5.53. The van der Waals surface area contributed by atoms with Crippen molar-refractivity contribution in [1.82, 2.24) is 14.7 Å². The summed E-state index contributed by atoms with van der Waals surface area (Å²) in [5.74, 6) is 2.26. The van der Waals surface area contributed by atoms with Crippen LogP contribution in [0.15, 0.2) is 24.3 Å². The fourth-order valence-electron chi connectivity index (χ4n) is 6.00. The average Bonchev–Trinajstić information content (AvgIpc) is 3.20. The smallest absolute Gasteiger partial charge is 0.320 e. The van der Waals surface area contributed by atoms with Crippen LogP contribution in [0.3, 0.4) is 0 Å². The summed E-state index contributed by atoms with van der Waals surface area (Å²) in [4.78, 5) is 19.6. The van der Waals surface area contributed by atoms with Gasteiger partial charge >= 0.3 is 6.03 Å². The van der Waals surface area contributed by atoms with Gasteiger partial charge in [0.25, 0.3) is 0 Å². The Morgan fingerprint density at radius 3 is 2.55 bits per heavy atom. The summed E-state index contributed by atoms with van der Waals surface area (Å²) in [6.07, 6.45) is 4.95. The number of morpholine rings is 1. The summed E-state index contributed by atoms with van der Waals surface area (Å²) in [7, 11) is 0. The standard InChI is InChI=1S/C24H35N3O2/c1-2-9-26(20-8-7-18-5-3-4-6-19(18)14-20)15-21-22-16-27(17-23(21)22)24(28)25-10-12-29-13-11-25/h3-6,20-23H,2,7-17H2,1H3/t20?,21-,22-,23+. The van der Waals surface area contributed by atoms with Crippen LogP contribution in [0.25, 0.3) is 0 Å². The van der Waals surface area contributed by atoms with Gasteiger partial charge < -0.3 is 14.5 Å². The van der Waals surface area contributed by atoms with Gasteiger partial charge in [0.2, 0.25) is 0 Å². The Hall–Kier alpha value is -1.59. The zero-order chi connectivity index (χ0) is 19.8. The molecule has 5 nitrogen and oxygen atoms in total. The van der Waals surface area contributed by atoms with E-state index in [2.05, 4.69) is 41.0 Å². The molecule has 5 rings (SSSR count). The second kappa shape index (κ2) is 8.27. The van der Waals surface area contributed by atoms with Crippen molar-refractivity contribution in [2.24, 2.45) is 17.8 Å². The monoisotopic (exact) mass is 397 g/mol. The minimum absolute atomic E-state index is 0.244. The highest BCUT2D eigenvalue weighted by Crippen LogP contribution is 2.52. The van der Waals surface area contributed by atoms with Gasteiger partial charge in [-0.25, -0.2) is 4.79 Å². The van der Waals surface area contributed by atoms with Gasteiger partial charge in [-0.15, -0.1) is 0 Å². The molecule has 4 atom stereocenters. The SMILES string of the molecule is CCCN(C[C@H]1[C@@H]2CN(C(=O)N3CCOCC3)C[C@@H]21)C1CCc2ccccc2C1. The number of likely N-dealkylation sites (tertiary alicyclic amines) is 1. The molecule has 1 saturated carbocycles. The minimum Gasteiger partial charge on any atom is -0.378 e. The largest absolute Gasteiger partial charge is 0.378 e. The molecule has 0 aromatic heterocycles. The molecule has 2 aliphatic heterocycles. The lowest BCUT2D eigenvalue weighted by Crippen LogP contribution is -2.48. The molecule has 5 heteroatoms. The summed E-state index contributed by atoms with van der Waals surface area (Å²) >= 11 is 0. The number of carbonyl (C=O) groups excluding carboxylic acids is 1. The summed E-state index contributed by atoms with van der Waals surface area (Å²) in [6, 6.07) is 9.94. The normalized spacial score (nSPS) is 31.0. The summed E-state index contributed by atoms with van der Waals surface area (Å²) in [5.41, 5.74) is 3.11. The number of amides is 2. The van der Waals surface area contributed by atoms with Gasteiger partial charge in [0.15, 0.2) is 0 Å². The third-order valence-corrected chi connectivity index (χ3v) is 7.72. The van der Waals surface area contributed by atoms with Gasteiger partial charge in [-0.2, -0.15) is 0 Å². The van der Waals surface area contributed by atoms with Crippen LogP contribution in [0.2, 0.25) is 0 Å². The first-order valence-electron chi connectivity index (χ1n) is 11.7. The van der Waals surface area contributed by atoms with E-state index in [1.165, 1.54) is 38.8 Å². The van der Waals surface area contributed by atoms with E-state index in [-0.39, 0.29) is 6.03 Å². The van der Waals surface area contributed by atoms with Crippen molar-refractivity contribution in [2.45, 2.75) is 38.6 Å². The maximum atomic E-state index is 12.7. The fraction of sp³-hybridized carbons (Fsp3) is 0.708. The van der Waals surface area contributed by atoms with Crippen LogP contribution in [0.5, 0.6) is 0 Å². The van der Waals surface area contributed by atoms with Crippen molar-refractivity contribution in [2.75, 3.05) is 52.5 Å². The molecule has 1 aromatic carbocycles. The Bertz CT molecular complexity index is 721. The van der Waals surface area contributed by atoms with Crippen LogP contribution in [0.1, 0.15) is 30.9 Å². The highest BCUT2D eigenvalue weighted by molar-refractivity contribution is 5.75. The number of aryl methyl sites for hydroxylation is 1. The van der Waals surface area contributed by atoms with E-state index >= 15 is 0 Å². The van der Waals surface area contributed by atoms with Crippen LogP contribution in [0, 0.1) is 17.8 Å². The highest BCUT2D eigenvalue weighted by Gasteiger charge is 2.57. The van der Waals surface area contributed by atoms with Crippen molar-refractivity contribution in [3.63, 3.8) is 0 Å². The second-order valence-corrected chi connectivity index (χ2v) is 9.44. The van der Waals surface area contributed by atoms with Crippen molar-refractivity contribution in [1.29, 1.82) is 0 Å². The van der Waals surface area contributed by atoms with E-state index in [1.807, 2.05) is 4.90 Å². The Morgan fingerprint density at radius 2 is 1.83 bits per heavy atom. The topological polar surface area (TPSA) is 36.0 Å². The average molecular weight is 398 g/mol. The molecule has 1 aromatic rings. The maximum absolute atomic E-state index is 12.7. The predicted octanol–water partition coefficient (Wildman–Crippen LogP) is 2.89. The van der Waals surface area contributed by atoms with E-state index in [0.717, 1.165) is 43.9 Å². The number of urea groups is 1. The predicted molar refractivity (Wildman–Crippen MR) is 114 cm³/mol. The van der Waals surface area contributed by atoms with Crippen LogP contribution in [-0.2, 0) is 17.6 Å². The highest BCUT2D eigenvalue weighted by atomic mass is 16.5. The summed E-state index contributed by atoms with van der Waals surface area (Å²) < 4.78 is 5.39. The molecule has 1 unspecified atom stereocenters. The van der Waals surface area contributed by atoms with Gasteiger partial charge in [0.05, 0.1) is 13.2 Å². The molecule has 0 spiro atoms. The summed E-state index contributed by atoms with van der Waals surface area (Å²) in [5, 5.41) is 0. The number of nitrogens with zero attached hydrogens (tertiary/aromatic N) is 3. The van der Waals surface area contributed by atoms with Crippen molar-refractivity contribution >= 4 is 6.03 Å². The lowest BCUT2D eigenvalue weighted by Gasteiger charge is -2.36. The number of benzene rings is 1. The molecule has 2 saturated heterocycles. The zero-order valence-corrected chi connectivity index (χ0v) is 17.8. The van der Waals surface area contributed by atoms with Crippen molar-refractivity contribution in [3.8, 4) is 0 Å². The fourth-order valence-corrected chi connectivity index (χ4v) is 6.00. The minimum atomic E-state index is 0.244. The van der Waals surface area contributed by atoms with E-state index in [1.54, 1.807) is 11.1 Å². The molecule has 0 N–H and O–H groups in total. The number of hydrogen-bond acceptors (Lipinski definition) is 3. The third kappa shape index (κ3) is 3.91. The first kappa shape index (κ1) is 19.4. The number of ether oxygens (including phenoxy) is 1. The number of carbonyl (C=O) groups is 1. The maximum Gasteiger partial charge on any atom is 0.320 e. The van der Waals surface area contributed by atoms with Crippen LogP contribution in [0.4, 0.5) is 4.79 Å². The second-order valence-electron chi connectivity index (χ2n) is 9.44. The molecular weight excluding hydrogens is 362 g/mol. The van der Waals surface area contributed by atoms with Crippen LogP contribution < -0.4 is 0 Å². The van der Waals surface area contributed by atoms with E-state index < -0.39 is 0 Å². The number of hydrogen-bond donors (Lipinski definition) is 0. The molecular formula is C24H35N3O2. The molecule has 158 valence electrons. The van der Waals surface area contributed by atoms with Crippen LogP contribution >= 0.6 is 0 Å². The molecule has 29 heavy (non-hydrogen) atoms. The molecule has 2 amide bonds. The first-order chi connectivity index (χ1) is 14.2. The van der Waals surface area contributed by atoms with Gasteiger partial charge in [0.1, 0.15) is 0 Å². The van der Waals surface area contributed by atoms with E-state index in [4.69, 9.17) is 4.74 Å². The van der Waals surface area contributed by atoms with E-state index in [0.29, 0.717) is 19.3 Å². The molecule has 3 fully saturated rings. The lowest BCUT2D eigenvalue weighted by molar-refractivity contribution is 0.0436. The molecule has 2 aliphatic carbocycles. The van der Waals surface area contributed by atoms with Crippen LogP contribution in [-0.4, -0.2) is 79.3 Å². The van der Waals surface area contributed by atoms with Crippen molar-refractivity contribution < 1.29 is 9.53 Å². The number of rotatable bonds is 5. The van der Waals surface area contributed by atoms with Crippen molar-refractivity contribution in [3.05, 3.63) is 35.4 Å². The molecule has 0 bridgehead atoms. The Morgan fingerprint density at radius 1 is 1.10 bits per heavy atom. The quantitative estimate of drug-likeness (QED) is 0.767. The first-order valence-corrected chi connectivity index (χ1v) is 11.7. The summed E-state index contributed by atoms with van der Waals surface area (Å²) in [6.45, 7) is 9.56. The third-order valence-electron chi connectivity index (χ3n) is 7.72. The van der Waals surface area contributed by atoms with Gasteiger partial charge in [-0.1, -0.05) is 31.2 Å². The van der Waals surface area contributed by atoms with E-state index in [9.17, 15) is 4.79 Å².